The Balaban J connectivity index is 1.81. The average Bonchev–Trinajstić information content (AvgIpc) is 2.64. The van der Waals surface area contributed by atoms with Crippen molar-refractivity contribution in [3.05, 3.63) is 66.1 Å². The Labute approximate surface area is 167 Å². The van der Waals surface area contributed by atoms with E-state index in [9.17, 15) is 4.39 Å². The van der Waals surface area contributed by atoms with Gasteiger partial charge in [0, 0.05) is 22.7 Å². The maximum Gasteiger partial charge on any atom is 0.193 e. The molecule has 2 nitrogen and oxygen atoms in total. The van der Waals surface area contributed by atoms with Gasteiger partial charge in [-0.2, -0.15) is 0 Å². The molecule has 0 N–H and O–H groups in total. The van der Waals surface area contributed by atoms with E-state index < -0.39 is 8.32 Å². The number of benzene rings is 2. The van der Waals surface area contributed by atoms with Crippen molar-refractivity contribution in [1.82, 2.24) is 4.98 Å². The van der Waals surface area contributed by atoms with Crippen LogP contribution in [0.5, 0.6) is 0 Å². The Bertz CT molecular complexity index is 1060. The van der Waals surface area contributed by atoms with Crippen LogP contribution in [-0.2, 0) is 4.43 Å². The van der Waals surface area contributed by atoms with Gasteiger partial charge in [0.1, 0.15) is 5.82 Å². The summed E-state index contributed by atoms with van der Waals surface area (Å²) in [6.45, 7) is 11.6. The molecular formula is C24H26FNOSi. The molecule has 0 amide bonds. The smallest absolute Gasteiger partial charge is 0.193 e. The van der Waals surface area contributed by atoms with Crippen LogP contribution in [0, 0.1) is 17.7 Å². The minimum atomic E-state index is -1.78. The summed E-state index contributed by atoms with van der Waals surface area (Å²) in [6, 6.07) is 14.5. The van der Waals surface area contributed by atoms with Gasteiger partial charge in [0.05, 0.1) is 12.1 Å². The number of hydrogen-bond donors (Lipinski definition) is 0. The zero-order chi connectivity index (χ0) is 20.4. The molecular weight excluding hydrogens is 365 g/mol. The summed E-state index contributed by atoms with van der Waals surface area (Å²) < 4.78 is 19.6. The largest absolute Gasteiger partial charge is 0.406 e. The van der Waals surface area contributed by atoms with Gasteiger partial charge >= 0.3 is 0 Å². The highest BCUT2D eigenvalue weighted by Crippen LogP contribution is 2.36. The fourth-order valence-electron chi connectivity index (χ4n) is 2.61. The molecule has 3 aromatic rings. The van der Waals surface area contributed by atoms with Crippen LogP contribution < -0.4 is 0 Å². The van der Waals surface area contributed by atoms with E-state index in [4.69, 9.17) is 4.43 Å². The molecule has 0 aliphatic rings. The maximum atomic E-state index is 13.5. The molecule has 0 atom stereocenters. The van der Waals surface area contributed by atoms with Gasteiger partial charge in [-0.25, -0.2) is 4.39 Å². The Morgan fingerprint density at radius 2 is 1.82 bits per heavy atom. The number of fused-ring (bicyclic) bond motifs is 1. The first-order valence-electron chi connectivity index (χ1n) is 9.44. The maximum absolute atomic E-state index is 13.5. The van der Waals surface area contributed by atoms with E-state index in [1.165, 1.54) is 12.1 Å². The Morgan fingerprint density at radius 3 is 2.54 bits per heavy atom. The summed E-state index contributed by atoms with van der Waals surface area (Å²) in [7, 11) is -1.78. The van der Waals surface area contributed by atoms with Gasteiger partial charge in [0.2, 0.25) is 0 Å². The molecule has 2 aromatic carbocycles. The second-order valence-corrected chi connectivity index (χ2v) is 13.3. The SMILES string of the molecule is CC(C)(C)[Si](C)(C)OCC#Cc1ccc2ncc(-c3cccc(F)c3)cc2c1. The highest BCUT2D eigenvalue weighted by molar-refractivity contribution is 6.74. The predicted molar refractivity (Wildman–Crippen MR) is 117 cm³/mol. The van der Waals surface area contributed by atoms with Crippen molar-refractivity contribution in [2.24, 2.45) is 0 Å². The number of rotatable bonds is 3. The van der Waals surface area contributed by atoms with E-state index in [0.717, 1.165) is 27.6 Å². The average molecular weight is 392 g/mol. The third kappa shape index (κ3) is 4.67. The first kappa shape index (κ1) is 20.3. The molecule has 0 bridgehead atoms. The van der Waals surface area contributed by atoms with Gasteiger partial charge in [0.15, 0.2) is 8.32 Å². The van der Waals surface area contributed by atoms with Crippen LogP contribution >= 0.6 is 0 Å². The highest BCUT2D eigenvalue weighted by atomic mass is 28.4. The van der Waals surface area contributed by atoms with E-state index in [0.29, 0.717) is 6.61 Å². The second-order valence-electron chi connectivity index (χ2n) is 8.49. The van der Waals surface area contributed by atoms with Crippen molar-refractivity contribution in [1.29, 1.82) is 0 Å². The van der Waals surface area contributed by atoms with Crippen LogP contribution in [0.25, 0.3) is 22.0 Å². The van der Waals surface area contributed by atoms with E-state index in [1.807, 2.05) is 30.3 Å². The van der Waals surface area contributed by atoms with Crippen molar-refractivity contribution >= 4 is 19.2 Å². The predicted octanol–water partition coefficient (Wildman–Crippen LogP) is 6.41. The summed E-state index contributed by atoms with van der Waals surface area (Å²) in [5.41, 5.74) is 3.51. The summed E-state index contributed by atoms with van der Waals surface area (Å²) in [5, 5.41) is 1.16. The van der Waals surface area contributed by atoms with Gasteiger partial charge in [-0.15, -0.1) is 0 Å². The Hall–Kier alpha value is -2.48. The van der Waals surface area contributed by atoms with Crippen LogP contribution in [0.15, 0.2) is 54.7 Å². The lowest BCUT2D eigenvalue weighted by molar-refractivity contribution is 0.334. The summed E-state index contributed by atoms with van der Waals surface area (Å²) in [6.07, 6.45) is 1.77. The molecule has 144 valence electrons. The zero-order valence-electron chi connectivity index (χ0n) is 17.1. The van der Waals surface area contributed by atoms with Crippen molar-refractivity contribution in [3.8, 4) is 23.0 Å². The molecule has 0 radical (unpaired) electrons. The van der Waals surface area contributed by atoms with Gasteiger partial charge in [0.25, 0.3) is 0 Å². The fourth-order valence-corrected chi connectivity index (χ4v) is 3.47. The third-order valence-corrected chi connectivity index (χ3v) is 9.86. The van der Waals surface area contributed by atoms with Gasteiger partial charge in [-0.3, -0.25) is 4.98 Å². The molecule has 0 saturated carbocycles. The van der Waals surface area contributed by atoms with Crippen LogP contribution in [0.4, 0.5) is 4.39 Å². The minimum Gasteiger partial charge on any atom is -0.406 e. The van der Waals surface area contributed by atoms with Crippen molar-refractivity contribution in [3.63, 3.8) is 0 Å². The molecule has 0 unspecified atom stereocenters. The minimum absolute atomic E-state index is 0.177. The highest BCUT2D eigenvalue weighted by Gasteiger charge is 2.36. The van der Waals surface area contributed by atoms with Gasteiger partial charge in [-0.05, 0) is 60.1 Å². The number of nitrogens with zero attached hydrogens (tertiary/aromatic N) is 1. The molecule has 0 aliphatic carbocycles. The van der Waals surface area contributed by atoms with Crippen LogP contribution in [-0.4, -0.2) is 19.9 Å². The van der Waals surface area contributed by atoms with Gasteiger partial charge in [-0.1, -0.05) is 44.7 Å². The second kappa shape index (κ2) is 7.87. The monoisotopic (exact) mass is 391 g/mol. The number of aromatic nitrogens is 1. The molecule has 1 aromatic heterocycles. The third-order valence-electron chi connectivity index (χ3n) is 5.38. The molecule has 3 rings (SSSR count). The van der Waals surface area contributed by atoms with Crippen molar-refractivity contribution in [2.75, 3.05) is 6.61 Å². The number of halogens is 1. The van der Waals surface area contributed by atoms with Gasteiger partial charge < -0.3 is 4.43 Å². The number of pyridine rings is 1. The Kier molecular flexibility index (Phi) is 5.69. The molecule has 1 heterocycles. The zero-order valence-corrected chi connectivity index (χ0v) is 18.1. The van der Waals surface area contributed by atoms with Crippen LogP contribution in [0.3, 0.4) is 0 Å². The van der Waals surface area contributed by atoms with Crippen LogP contribution in [0.2, 0.25) is 18.1 Å². The molecule has 4 heteroatoms. The van der Waals surface area contributed by atoms with E-state index >= 15 is 0 Å². The summed E-state index contributed by atoms with van der Waals surface area (Å²) in [4.78, 5) is 4.49. The standard InChI is InChI=1S/C24H26FNOSi/c1-24(2,3)28(4,5)27-13-7-8-18-11-12-23-20(14-18)15-21(17-26-23)19-9-6-10-22(25)16-19/h6,9-12,14-17H,13H2,1-5H3. The normalized spacial score (nSPS) is 11.9. The summed E-state index contributed by atoms with van der Waals surface area (Å²) in [5.74, 6) is 6.08. The summed E-state index contributed by atoms with van der Waals surface area (Å²) >= 11 is 0. The first-order chi connectivity index (χ1) is 13.2. The molecule has 28 heavy (non-hydrogen) atoms. The van der Waals surface area contributed by atoms with Crippen molar-refractivity contribution in [2.45, 2.75) is 38.9 Å². The molecule has 0 spiro atoms. The van der Waals surface area contributed by atoms with Crippen molar-refractivity contribution < 1.29 is 8.82 Å². The lowest BCUT2D eigenvalue weighted by Crippen LogP contribution is -2.40. The lowest BCUT2D eigenvalue weighted by atomic mass is 10.0. The fraction of sp³-hybridized carbons (Fsp3) is 0.292. The Morgan fingerprint density at radius 1 is 1.04 bits per heavy atom. The first-order valence-corrected chi connectivity index (χ1v) is 12.4. The van der Waals surface area contributed by atoms with E-state index in [1.54, 1.807) is 12.3 Å². The van der Waals surface area contributed by atoms with E-state index in [2.05, 4.69) is 50.7 Å². The topological polar surface area (TPSA) is 22.1 Å². The lowest BCUT2D eigenvalue weighted by Gasteiger charge is -2.35. The number of hydrogen-bond acceptors (Lipinski definition) is 2. The van der Waals surface area contributed by atoms with Crippen LogP contribution in [0.1, 0.15) is 26.3 Å². The molecule has 0 aliphatic heterocycles. The quantitative estimate of drug-likeness (QED) is 0.380. The molecule has 0 fully saturated rings. The van der Waals surface area contributed by atoms with E-state index in [-0.39, 0.29) is 10.9 Å². The molecule has 0 saturated heterocycles.